The van der Waals surface area contributed by atoms with Gasteiger partial charge in [-0.3, -0.25) is 14.4 Å². The number of esters is 1. The first-order valence-electron chi connectivity index (χ1n) is 10.9. The maximum absolute atomic E-state index is 13.5. The van der Waals surface area contributed by atoms with Gasteiger partial charge in [-0.1, -0.05) is 33.3 Å². The van der Waals surface area contributed by atoms with E-state index in [0.29, 0.717) is 11.9 Å². The van der Waals surface area contributed by atoms with Gasteiger partial charge in [0.2, 0.25) is 11.8 Å². The molecule has 11 nitrogen and oxygen atoms in total. The van der Waals surface area contributed by atoms with Crippen molar-refractivity contribution in [1.82, 2.24) is 25.2 Å². The number of hydrogen-bond donors (Lipinski definition) is 2. The highest BCUT2D eigenvalue weighted by Gasteiger charge is 2.76. The topological polar surface area (TPSA) is 136 Å². The summed E-state index contributed by atoms with van der Waals surface area (Å²) in [5, 5.41) is 20.6. The number of benzene rings is 1. The Labute approximate surface area is 197 Å². The highest BCUT2D eigenvalue weighted by molar-refractivity contribution is 9.09. The van der Waals surface area contributed by atoms with E-state index in [0.717, 1.165) is 5.52 Å². The number of amides is 2. The molecule has 2 N–H and O–H groups in total. The Morgan fingerprint density at radius 3 is 2.94 bits per heavy atom. The first-order valence-corrected chi connectivity index (χ1v) is 11.8. The minimum absolute atomic E-state index is 0.0419. The number of hydrogen-bond acceptors (Lipinski definition) is 8. The number of β-amino-alcohol motifs (C(OH)–C–C–N with tert-alkyl or cyclic N) is 1. The van der Waals surface area contributed by atoms with Crippen LogP contribution in [0.2, 0.25) is 0 Å². The molecule has 1 aromatic carbocycles. The fourth-order valence-corrected chi connectivity index (χ4v) is 6.51. The predicted octanol–water partition coefficient (Wildman–Crippen LogP) is -0.192. The van der Waals surface area contributed by atoms with Gasteiger partial charge in [-0.15, -0.1) is 5.10 Å². The van der Waals surface area contributed by atoms with Gasteiger partial charge in [0.05, 0.1) is 36.7 Å². The lowest BCUT2D eigenvalue weighted by Gasteiger charge is -2.33. The maximum atomic E-state index is 13.5. The smallest absolute Gasteiger partial charge is 0.312 e. The number of alkyl halides is 1. The van der Waals surface area contributed by atoms with E-state index in [2.05, 4.69) is 31.6 Å². The Morgan fingerprint density at radius 1 is 1.39 bits per heavy atom. The van der Waals surface area contributed by atoms with Gasteiger partial charge in [0, 0.05) is 11.4 Å². The molecule has 1 spiro atoms. The third kappa shape index (κ3) is 3.26. The second kappa shape index (κ2) is 8.33. The molecule has 2 aromatic rings. The van der Waals surface area contributed by atoms with E-state index in [1.165, 1.54) is 4.90 Å². The largest absolute Gasteiger partial charge is 0.466 e. The van der Waals surface area contributed by atoms with Crippen LogP contribution < -0.4 is 5.32 Å². The normalized spacial score (nSPS) is 32.4. The first kappa shape index (κ1) is 22.2. The van der Waals surface area contributed by atoms with Crippen LogP contribution in [0.1, 0.15) is 13.3 Å². The molecule has 3 aliphatic heterocycles. The van der Waals surface area contributed by atoms with Crippen LogP contribution in [0.5, 0.6) is 0 Å². The van der Waals surface area contributed by atoms with E-state index in [4.69, 9.17) is 9.47 Å². The summed E-state index contributed by atoms with van der Waals surface area (Å²) in [5.74, 6) is -2.98. The van der Waals surface area contributed by atoms with E-state index < -0.39 is 41.5 Å². The molecule has 4 heterocycles. The van der Waals surface area contributed by atoms with Crippen molar-refractivity contribution in [2.75, 3.05) is 19.8 Å². The van der Waals surface area contributed by atoms with Gasteiger partial charge in [-0.2, -0.15) is 0 Å². The van der Waals surface area contributed by atoms with Crippen LogP contribution in [0.25, 0.3) is 11.0 Å². The van der Waals surface area contributed by atoms with Gasteiger partial charge < -0.3 is 24.8 Å². The van der Waals surface area contributed by atoms with Crippen LogP contribution in [0.15, 0.2) is 24.3 Å². The fraction of sp³-hybridized carbons (Fsp3) is 0.571. The van der Waals surface area contributed by atoms with Crippen molar-refractivity contribution in [3.63, 3.8) is 0 Å². The number of halogens is 1. The van der Waals surface area contributed by atoms with Crippen LogP contribution in [0, 0.1) is 11.8 Å². The van der Waals surface area contributed by atoms with Gasteiger partial charge in [-0.05, 0) is 25.5 Å². The molecule has 5 rings (SSSR count). The minimum Gasteiger partial charge on any atom is -0.466 e. The van der Waals surface area contributed by atoms with Crippen molar-refractivity contribution in [3.8, 4) is 0 Å². The van der Waals surface area contributed by atoms with Crippen molar-refractivity contribution in [2.24, 2.45) is 11.8 Å². The van der Waals surface area contributed by atoms with Gasteiger partial charge in [0.1, 0.15) is 23.8 Å². The zero-order valence-corrected chi connectivity index (χ0v) is 19.5. The van der Waals surface area contributed by atoms with E-state index in [9.17, 15) is 19.5 Å². The Hall–Kier alpha value is -2.57. The van der Waals surface area contributed by atoms with Crippen LogP contribution in [-0.2, 0) is 30.5 Å². The monoisotopic (exact) mass is 521 g/mol. The lowest BCUT2D eigenvalue weighted by Crippen LogP contribution is -2.56. The van der Waals surface area contributed by atoms with Gasteiger partial charge >= 0.3 is 5.97 Å². The number of likely N-dealkylation sites (tertiary alicyclic amines) is 1. The molecule has 6 atom stereocenters. The molecule has 2 bridgehead atoms. The van der Waals surface area contributed by atoms with E-state index >= 15 is 0 Å². The number of carbonyl (C=O) groups is 3. The van der Waals surface area contributed by atoms with Crippen LogP contribution in [-0.4, -0.2) is 85.1 Å². The molecular weight excluding hydrogens is 498 g/mol. The molecule has 3 saturated heterocycles. The Bertz CT molecular complexity index is 1110. The van der Waals surface area contributed by atoms with E-state index in [1.54, 1.807) is 11.6 Å². The summed E-state index contributed by atoms with van der Waals surface area (Å²) >= 11 is 3.57. The summed E-state index contributed by atoms with van der Waals surface area (Å²) < 4.78 is 13.1. The Morgan fingerprint density at radius 2 is 2.18 bits per heavy atom. The maximum Gasteiger partial charge on any atom is 0.312 e. The lowest BCUT2D eigenvalue weighted by atomic mass is 9.70. The number of para-hydroxylation sites is 1. The third-order valence-electron chi connectivity index (χ3n) is 6.76. The number of aliphatic hydroxyl groups excluding tert-OH is 1. The van der Waals surface area contributed by atoms with Crippen molar-refractivity contribution in [2.45, 2.75) is 42.6 Å². The van der Waals surface area contributed by atoms with Crippen molar-refractivity contribution < 1.29 is 29.0 Å². The number of rotatable bonds is 7. The first-order chi connectivity index (χ1) is 15.9. The van der Waals surface area contributed by atoms with Crippen molar-refractivity contribution in [3.05, 3.63) is 24.3 Å². The third-order valence-corrected chi connectivity index (χ3v) is 7.61. The molecule has 33 heavy (non-hydrogen) atoms. The Kier molecular flexibility index (Phi) is 5.61. The summed E-state index contributed by atoms with van der Waals surface area (Å²) in [4.78, 5) is 40.8. The number of carbonyl (C=O) groups excluding carboxylic acids is 3. The molecule has 3 aliphatic rings. The average molecular weight is 522 g/mol. The average Bonchev–Trinajstić information content (AvgIpc) is 3.50. The molecular formula is C21H24BrN5O6. The SMILES string of the molecule is CCOC(=O)[C@H]1[C@H]2C(=O)N(CCO)C(C(=O)NCn3nnc4ccccc43)C23CC(Br)[C@@H]1O3. The summed E-state index contributed by atoms with van der Waals surface area (Å²) in [6.07, 6.45) is -0.181. The summed E-state index contributed by atoms with van der Waals surface area (Å²) in [6.45, 7) is 1.56. The molecule has 3 fully saturated rings. The quantitative estimate of drug-likeness (QED) is 0.378. The number of aliphatic hydroxyl groups is 1. The Balaban J connectivity index is 1.44. The second-order valence-electron chi connectivity index (χ2n) is 8.45. The minimum atomic E-state index is -1.18. The molecule has 2 amide bonds. The van der Waals surface area contributed by atoms with Gasteiger partial charge in [0.25, 0.3) is 0 Å². The molecule has 3 unspecified atom stereocenters. The summed E-state index contributed by atoms with van der Waals surface area (Å²) in [5.41, 5.74) is 0.266. The molecule has 0 aliphatic carbocycles. The van der Waals surface area contributed by atoms with E-state index in [1.807, 2.05) is 24.3 Å². The van der Waals surface area contributed by atoms with Crippen LogP contribution >= 0.6 is 15.9 Å². The highest BCUT2D eigenvalue weighted by Crippen LogP contribution is 2.60. The zero-order chi connectivity index (χ0) is 23.3. The number of ether oxygens (including phenoxy) is 2. The van der Waals surface area contributed by atoms with Crippen molar-refractivity contribution in [1.29, 1.82) is 0 Å². The van der Waals surface area contributed by atoms with Crippen LogP contribution in [0.4, 0.5) is 0 Å². The lowest BCUT2D eigenvalue weighted by molar-refractivity contribution is -0.154. The molecule has 0 saturated carbocycles. The van der Waals surface area contributed by atoms with Crippen LogP contribution in [0.3, 0.4) is 0 Å². The molecule has 176 valence electrons. The number of fused-ring (bicyclic) bond motifs is 2. The number of aromatic nitrogens is 3. The summed E-state index contributed by atoms with van der Waals surface area (Å²) in [6, 6.07) is 6.36. The van der Waals surface area contributed by atoms with Gasteiger partial charge in [-0.25, -0.2) is 4.68 Å². The standard InChI is InChI=1S/C21H24BrN5O6/c1-2-32-20(31)14-15-19(30)26(7-8-28)17(21(15)9-11(22)16(14)33-21)18(29)23-10-27-13-6-4-3-5-12(13)24-25-27/h3-6,11,14-17,28H,2,7-10H2,1H3,(H,23,29)/t11?,14-,15-,16-,17?,21?/m0/s1. The van der Waals surface area contributed by atoms with Gasteiger partial charge in [0.15, 0.2) is 0 Å². The number of nitrogens with one attached hydrogen (secondary N) is 1. The van der Waals surface area contributed by atoms with E-state index in [-0.39, 0.29) is 37.2 Å². The molecule has 0 radical (unpaired) electrons. The summed E-state index contributed by atoms with van der Waals surface area (Å²) in [7, 11) is 0. The fourth-order valence-electron chi connectivity index (χ4n) is 5.57. The molecule has 12 heteroatoms. The highest BCUT2D eigenvalue weighted by atomic mass is 79.9. The number of nitrogens with zero attached hydrogens (tertiary/aromatic N) is 4. The second-order valence-corrected chi connectivity index (χ2v) is 9.62. The zero-order valence-electron chi connectivity index (χ0n) is 17.9. The predicted molar refractivity (Wildman–Crippen MR) is 117 cm³/mol. The van der Waals surface area contributed by atoms with Crippen molar-refractivity contribution >= 4 is 44.7 Å². The molecule has 1 aromatic heterocycles.